The van der Waals surface area contributed by atoms with E-state index in [1.165, 1.54) is 0 Å². The van der Waals surface area contributed by atoms with Crippen LogP contribution < -0.4 is 0 Å². The summed E-state index contributed by atoms with van der Waals surface area (Å²) in [7, 11) is 0. The highest BCUT2D eigenvalue weighted by Gasteiger charge is 2.23. The van der Waals surface area contributed by atoms with E-state index >= 15 is 0 Å². The molecule has 1 amide bonds. The molecule has 0 N–H and O–H groups in total. The third-order valence-electron chi connectivity index (χ3n) is 3.13. The first-order valence-electron chi connectivity index (χ1n) is 6.44. The zero-order valence-electron chi connectivity index (χ0n) is 10.7. The molecule has 1 aromatic carbocycles. The van der Waals surface area contributed by atoms with Crippen LogP contribution >= 0.6 is 0 Å². The number of benzene rings is 1. The third kappa shape index (κ3) is 3.36. The third-order valence-corrected chi connectivity index (χ3v) is 3.13. The standard InChI is InChI=1S/C15H19NO2/c1-13(16-11-6-5-9-15(16)17)18-12-10-14-7-3-2-4-8-14/h2-4,7-8,10,12-13H,5-6,9,11H2,1H3. The quantitative estimate of drug-likeness (QED) is 0.763. The number of likely N-dealkylation sites (tertiary alicyclic amines) is 1. The van der Waals surface area contributed by atoms with Crippen LogP contribution in [0.3, 0.4) is 0 Å². The summed E-state index contributed by atoms with van der Waals surface area (Å²) in [6, 6.07) is 9.97. The van der Waals surface area contributed by atoms with Crippen molar-refractivity contribution in [1.29, 1.82) is 0 Å². The van der Waals surface area contributed by atoms with Gasteiger partial charge in [0.05, 0.1) is 6.26 Å². The zero-order valence-corrected chi connectivity index (χ0v) is 10.7. The highest BCUT2D eigenvalue weighted by molar-refractivity contribution is 5.77. The molecule has 0 radical (unpaired) electrons. The number of carbonyl (C=O) groups is 1. The second-order valence-electron chi connectivity index (χ2n) is 4.49. The number of rotatable bonds is 4. The number of piperidine rings is 1. The Morgan fingerprint density at radius 3 is 2.78 bits per heavy atom. The summed E-state index contributed by atoms with van der Waals surface area (Å²) in [5.74, 6) is 0.196. The summed E-state index contributed by atoms with van der Waals surface area (Å²) in [6.07, 6.45) is 6.12. The van der Waals surface area contributed by atoms with Crippen LogP contribution in [-0.4, -0.2) is 23.6 Å². The molecule has 2 rings (SSSR count). The number of nitrogens with zero attached hydrogens (tertiary/aromatic N) is 1. The molecular formula is C15H19NO2. The molecule has 1 aliphatic heterocycles. The Bertz CT molecular complexity index is 414. The number of hydrogen-bond donors (Lipinski definition) is 0. The van der Waals surface area contributed by atoms with Crippen molar-refractivity contribution in [2.75, 3.05) is 6.54 Å². The monoisotopic (exact) mass is 245 g/mol. The fourth-order valence-corrected chi connectivity index (χ4v) is 2.08. The number of hydrogen-bond acceptors (Lipinski definition) is 2. The molecule has 96 valence electrons. The van der Waals surface area contributed by atoms with Crippen molar-refractivity contribution in [3.05, 3.63) is 42.2 Å². The Morgan fingerprint density at radius 1 is 1.28 bits per heavy atom. The first kappa shape index (κ1) is 12.7. The Labute approximate surface area is 108 Å². The Kier molecular flexibility index (Phi) is 4.40. The number of carbonyl (C=O) groups excluding carboxylic acids is 1. The van der Waals surface area contributed by atoms with Crippen molar-refractivity contribution < 1.29 is 9.53 Å². The van der Waals surface area contributed by atoms with E-state index in [1.54, 1.807) is 11.2 Å². The molecule has 3 heteroatoms. The maximum Gasteiger partial charge on any atom is 0.225 e. The molecule has 1 atom stereocenters. The molecule has 0 aromatic heterocycles. The van der Waals surface area contributed by atoms with E-state index in [4.69, 9.17) is 4.74 Å². The van der Waals surface area contributed by atoms with Gasteiger partial charge in [0.25, 0.3) is 0 Å². The molecule has 1 unspecified atom stereocenters. The van der Waals surface area contributed by atoms with E-state index in [0.717, 1.165) is 24.9 Å². The summed E-state index contributed by atoms with van der Waals surface area (Å²) in [5.41, 5.74) is 1.09. The first-order chi connectivity index (χ1) is 8.77. The second-order valence-corrected chi connectivity index (χ2v) is 4.49. The van der Waals surface area contributed by atoms with E-state index in [2.05, 4.69) is 0 Å². The van der Waals surface area contributed by atoms with Crippen LogP contribution in [0.5, 0.6) is 0 Å². The van der Waals surface area contributed by atoms with Crippen molar-refractivity contribution in [2.24, 2.45) is 0 Å². The minimum absolute atomic E-state index is 0.183. The Morgan fingerprint density at radius 2 is 2.06 bits per heavy atom. The maximum absolute atomic E-state index is 11.7. The van der Waals surface area contributed by atoms with Gasteiger partial charge in [0.1, 0.15) is 0 Å². The van der Waals surface area contributed by atoms with Gasteiger partial charge in [-0.1, -0.05) is 30.3 Å². The van der Waals surface area contributed by atoms with Crippen LogP contribution in [0.15, 0.2) is 36.6 Å². The molecule has 1 fully saturated rings. The van der Waals surface area contributed by atoms with Crippen LogP contribution in [0.2, 0.25) is 0 Å². The van der Waals surface area contributed by atoms with Crippen LogP contribution in [0.4, 0.5) is 0 Å². The topological polar surface area (TPSA) is 29.5 Å². The van der Waals surface area contributed by atoms with Gasteiger partial charge in [-0.2, -0.15) is 0 Å². The van der Waals surface area contributed by atoms with Crippen molar-refractivity contribution >= 4 is 12.0 Å². The van der Waals surface area contributed by atoms with Crippen molar-refractivity contribution in [3.63, 3.8) is 0 Å². The zero-order chi connectivity index (χ0) is 12.8. The molecule has 0 saturated carbocycles. The minimum atomic E-state index is -0.183. The van der Waals surface area contributed by atoms with Crippen LogP contribution in [0, 0.1) is 0 Å². The van der Waals surface area contributed by atoms with Gasteiger partial charge in [-0.3, -0.25) is 4.79 Å². The molecule has 0 spiro atoms. The average molecular weight is 245 g/mol. The fraction of sp³-hybridized carbons (Fsp3) is 0.400. The summed E-state index contributed by atoms with van der Waals surface area (Å²) >= 11 is 0. The van der Waals surface area contributed by atoms with Crippen molar-refractivity contribution in [3.8, 4) is 0 Å². The molecular weight excluding hydrogens is 226 g/mol. The van der Waals surface area contributed by atoms with E-state index in [1.807, 2.05) is 43.3 Å². The molecule has 0 aliphatic carbocycles. The molecule has 1 aromatic rings. The minimum Gasteiger partial charge on any atom is -0.478 e. The van der Waals surface area contributed by atoms with Gasteiger partial charge in [-0.05, 0) is 31.4 Å². The van der Waals surface area contributed by atoms with Crippen molar-refractivity contribution in [2.45, 2.75) is 32.4 Å². The summed E-state index contributed by atoms with van der Waals surface area (Å²) < 4.78 is 5.58. The van der Waals surface area contributed by atoms with E-state index < -0.39 is 0 Å². The predicted octanol–water partition coefficient (Wildman–Crippen LogP) is 3.03. The highest BCUT2D eigenvalue weighted by Crippen LogP contribution is 2.14. The smallest absolute Gasteiger partial charge is 0.225 e. The van der Waals surface area contributed by atoms with Crippen molar-refractivity contribution in [1.82, 2.24) is 4.90 Å². The van der Waals surface area contributed by atoms with Crippen LogP contribution in [-0.2, 0) is 9.53 Å². The van der Waals surface area contributed by atoms with E-state index in [0.29, 0.717) is 6.42 Å². The van der Waals surface area contributed by atoms with Gasteiger partial charge in [0.2, 0.25) is 5.91 Å². The maximum atomic E-state index is 11.7. The molecule has 1 heterocycles. The van der Waals surface area contributed by atoms with Gasteiger partial charge >= 0.3 is 0 Å². The lowest BCUT2D eigenvalue weighted by Gasteiger charge is -2.31. The molecule has 18 heavy (non-hydrogen) atoms. The molecule has 1 aliphatic rings. The summed E-state index contributed by atoms with van der Waals surface area (Å²) in [6.45, 7) is 2.72. The van der Waals surface area contributed by atoms with Crippen LogP contribution in [0.25, 0.3) is 6.08 Å². The normalized spacial score (nSPS) is 18.1. The number of amides is 1. The predicted molar refractivity (Wildman–Crippen MR) is 71.6 cm³/mol. The van der Waals surface area contributed by atoms with Gasteiger partial charge in [-0.15, -0.1) is 0 Å². The SMILES string of the molecule is CC(OC=Cc1ccccc1)N1CCCCC1=O. The van der Waals surface area contributed by atoms with Crippen LogP contribution in [0.1, 0.15) is 31.7 Å². The molecule has 1 saturated heterocycles. The van der Waals surface area contributed by atoms with E-state index in [-0.39, 0.29) is 12.1 Å². The van der Waals surface area contributed by atoms with Gasteiger partial charge in [0.15, 0.2) is 6.23 Å². The van der Waals surface area contributed by atoms with Gasteiger partial charge in [-0.25, -0.2) is 0 Å². The summed E-state index contributed by atoms with van der Waals surface area (Å²) in [5, 5.41) is 0. The second kappa shape index (κ2) is 6.24. The largest absolute Gasteiger partial charge is 0.478 e. The average Bonchev–Trinajstić information content (AvgIpc) is 2.40. The molecule has 0 bridgehead atoms. The Hall–Kier alpha value is -1.77. The highest BCUT2D eigenvalue weighted by atomic mass is 16.5. The molecule has 3 nitrogen and oxygen atoms in total. The lowest BCUT2D eigenvalue weighted by atomic mass is 10.1. The summed E-state index contributed by atoms with van der Waals surface area (Å²) in [4.78, 5) is 13.5. The van der Waals surface area contributed by atoms with E-state index in [9.17, 15) is 4.79 Å². The lowest BCUT2D eigenvalue weighted by molar-refractivity contribution is -0.143. The van der Waals surface area contributed by atoms with Gasteiger partial charge < -0.3 is 9.64 Å². The first-order valence-corrected chi connectivity index (χ1v) is 6.44. The fourth-order valence-electron chi connectivity index (χ4n) is 2.08. The number of ether oxygens (including phenoxy) is 1. The lowest BCUT2D eigenvalue weighted by Crippen LogP contribution is -2.42. The Balaban J connectivity index is 1.86. The van der Waals surface area contributed by atoms with Gasteiger partial charge in [0, 0.05) is 13.0 Å².